The Labute approximate surface area is 323 Å². The van der Waals surface area contributed by atoms with Gasteiger partial charge in [-0.25, -0.2) is 4.98 Å². The van der Waals surface area contributed by atoms with Gasteiger partial charge in [-0.05, 0) is 98.7 Å². The maximum absolute atomic E-state index is 5.36. The molecule has 0 aliphatic carbocycles. The second-order valence-corrected chi connectivity index (χ2v) is 14.9. The first kappa shape index (κ1) is 31.0. The van der Waals surface area contributed by atoms with Gasteiger partial charge in [-0.3, -0.25) is 4.98 Å². The van der Waals surface area contributed by atoms with Crippen LogP contribution in [-0.4, -0.2) is 9.97 Å². The first-order valence-electron chi connectivity index (χ1n) is 19.2. The molecule has 258 valence electrons. The largest absolute Gasteiger partial charge is 0.252 e. The lowest BCUT2D eigenvalue weighted by molar-refractivity contribution is 1.21. The van der Waals surface area contributed by atoms with E-state index in [0.717, 1.165) is 39.2 Å². The molecule has 12 aromatic rings. The fraction of sp³-hybridized carbons (Fsp3) is 0. The molecule has 0 aliphatic heterocycles. The highest BCUT2D eigenvalue weighted by Crippen LogP contribution is 2.45. The quantitative estimate of drug-likeness (QED) is 0.170. The Morgan fingerprint density at radius 3 is 1.36 bits per heavy atom. The first-order valence-corrected chi connectivity index (χ1v) is 19.2. The van der Waals surface area contributed by atoms with Crippen molar-refractivity contribution in [3.05, 3.63) is 194 Å². The van der Waals surface area contributed by atoms with Crippen molar-refractivity contribution < 1.29 is 0 Å². The third kappa shape index (κ3) is 4.57. The summed E-state index contributed by atoms with van der Waals surface area (Å²) in [6, 6.07) is 68.4. The zero-order valence-electron chi connectivity index (χ0n) is 30.4. The third-order valence-electron chi connectivity index (χ3n) is 11.8. The highest BCUT2D eigenvalue weighted by molar-refractivity contribution is 6.37. The average molecular weight is 709 g/mol. The van der Waals surface area contributed by atoms with E-state index in [-0.39, 0.29) is 0 Å². The van der Waals surface area contributed by atoms with Gasteiger partial charge in [0.2, 0.25) is 0 Å². The Bertz CT molecular complexity index is 3510. The minimum atomic E-state index is 0.852. The molecule has 12 rings (SSSR count). The third-order valence-corrected chi connectivity index (χ3v) is 11.8. The molecule has 56 heavy (non-hydrogen) atoms. The highest BCUT2D eigenvalue weighted by atomic mass is 14.8. The van der Waals surface area contributed by atoms with Crippen LogP contribution in [0.15, 0.2) is 194 Å². The van der Waals surface area contributed by atoms with Crippen molar-refractivity contribution in [2.45, 2.75) is 0 Å². The molecule has 2 heteroatoms. The van der Waals surface area contributed by atoms with Crippen LogP contribution in [0.3, 0.4) is 0 Å². The van der Waals surface area contributed by atoms with E-state index < -0.39 is 0 Å². The molecule has 1 heterocycles. The van der Waals surface area contributed by atoms with Crippen molar-refractivity contribution in [2.24, 2.45) is 0 Å². The number of benzene rings is 10. The van der Waals surface area contributed by atoms with E-state index in [9.17, 15) is 0 Å². The molecule has 11 aromatic carbocycles. The van der Waals surface area contributed by atoms with Gasteiger partial charge in [0.05, 0.1) is 23.3 Å². The number of fused-ring (bicyclic) bond motifs is 3. The average Bonchev–Trinajstić information content (AvgIpc) is 3.27. The molecule has 0 amide bonds. The van der Waals surface area contributed by atoms with Crippen molar-refractivity contribution in [1.29, 1.82) is 0 Å². The predicted molar refractivity (Wildman–Crippen MR) is 238 cm³/mol. The molecule has 0 saturated carbocycles. The van der Waals surface area contributed by atoms with Gasteiger partial charge in [-0.1, -0.05) is 176 Å². The molecule has 0 unspecified atom stereocenters. The van der Waals surface area contributed by atoms with Crippen LogP contribution in [-0.2, 0) is 0 Å². The monoisotopic (exact) mass is 708 g/mol. The van der Waals surface area contributed by atoms with Gasteiger partial charge in [0.25, 0.3) is 0 Å². The second-order valence-electron chi connectivity index (χ2n) is 14.9. The lowest BCUT2D eigenvalue weighted by atomic mass is 9.86. The summed E-state index contributed by atoms with van der Waals surface area (Å²) in [6.07, 6.45) is 1.94. The Balaban J connectivity index is 1.14. The van der Waals surface area contributed by atoms with Crippen molar-refractivity contribution in [1.82, 2.24) is 9.97 Å². The molecule has 0 atom stereocenters. The normalized spacial score (nSPS) is 11.9. The molecule has 0 N–H and O–H groups in total. The van der Waals surface area contributed by atoms with Crippen molar-refractivity contribution in [2.75, 3.05) is 0 Å². The van der Waals surface area contributed by atoms with Gasteiger partial charge >= 0.3 is 0 Å². The molecule has 2 nitrogen and oxygen atoms in total. The summed E-state index contributed by atoms with van der Waals surface area (Å²) in [6.45, 7) is 0. The molecule has 0 aliphatic rings. The van der Waals surface area contributed by atoms with E-state index in [0.29, 0.717) is 0 Å². The van der Waals surface area contributed by atoms with Gasteiger partial charge in [-0.15, -0.1) is 0 Å². The number of rotatable bonds is 4. The van der Waals surface area contributed by atoms with Gasteiger partial charge < -0.3 is 0 Å². The first-order chi connectivity index (χ1) is 27.8. The molecule has 0 fully saturated rings. The molecule has 0 spiro atoms. The summed E-state index contributed by atoms with van der Waals surface area (Å²) in [5.74, 6) is 0. The smallest absolute Gasteiger partial charge is 0.0972 e. The summed E-state index contributed by atoms with van der Waals surface area (Å²) in [5, 5.41) is 17.8. The fourth-order valence-electron chi connectivity index (χ4n) is 9.34. The Morgan fingerprint density at radius 2 is 0.750 bits per heavy atom. The molecule has 0 radical (unpaired) electrons. The molecular formula is C54H32N2. The topological polar surface area (TPSA) is 25.8 Å². The fourth-order valence-corrected chi connectivity index (χ4v) is 9.34. The lowest BCUT2D eigenvalue weighted by Gasteiger charge is -2.18. The molecule has 0 bridgehead atoms. The van der Waals surface area contributed by atoms with Gasteiger partial charge in [-0.2, -0.15) is 0 Å². The summed E-state index contributed by atoms with van der Waals surface area (Å²) < 4.78 is 0. The van der Waals surface area contributed by atoms with E-state index in [4.69, 9.17) is 9.97 Å². The number of nitrogens with zero attached hydrogens (tertiary/aromatic N) is 2. The van der Waals surface area contributed by atoms with Crippen LogP contribution in [0, 0.1) is 0 Å². The zero-order chi connectivity index (χ0) is 36.7. The van der Waals surface area contributed by atoms with Crippen molar-refractivity contribution in [3.63, 3.8) is 0 Å². The SMILES string of the molecule is c1ccc(-c2ncc(-c3ccc(-c4cc5ccc6cccc7c8cccc9ccc%10cccc(c(c4)c5c67)c%10c98)c4ccccc34)nc2-c2ccccc2)cc1. The van der Waals surface area contributed by atoms with Gasteiger partial charge in [0.15, 0.2) is 0 Å². The molecule has 0 saturated heterocycles. The Hall–Kier alpha value is -7.42. The van der Waals surface area contributed by atoms with E-state index in [1.54, 1.807) is 0 Å². The minimum absolute atomic E-state index is 0.852. The van der Waals surface area contributed by atoms with Crippen molar-refractivity contribution >= 4 is 75.4 Å². The van der Waals surface area contributed by atoms with Crippen LogP contribution in [0.4, 0.5) is 0 Å². The molecular weight excluding hydrogens is 677 g/mol. The maximum atomic E-state index is 5.36. The summed E-state index contributed by atoms with van der Waals surface area (Å²) in [4.78, 5) is 10.4. The molecule has 1 aromatic heterocycles. The van der Waals surface area contributed by atoms with Gasteiger partial charge in [0, 0.05) is 16.7 Å². The number of aromatic nitrogens is 2. The highest BCUT2D eigenvalue weighted by Gasteiger charge is 2.19. The Kier molecular flexibility index (Phi) is 6.66. The predicted octanol–water partition coefficient (Wildman–Crippen LogP) is 14.7. The second kappa shape index (κ2) is 12.0. The number of hydrogen-bond donors (Lipinski definition) is 0. The van der Waals surface area contributed by atoms with E-state index in [1.807, 2.05) is 18.3 Å². The van der Waals surface area contributed by atoms with E-state index in [2.05, 4.69) is 176 Å². The Morgan fingerprint density at radius 1 is 0.286 bits per heavy atom. The van der Waals surface area contributed by atoms with Crippen LogP contribution in [0.2, 0.25) is 0 Å². The van der Waals surface area contributed by atoms with Crippen LogP contribution >= 0.6 is 0 Å². The van der Waals surface area contributed by atoms with Crippen LogP contribution in [0.1, 0.15) is 0 Å². The standard InChI is InChI=1S/C54H32N2/c1-3-12-36(13-4-1)53-54(37-14-5-2-6-15-37)56-48(32-55-53)43-29-28-40(41-19-7-8-20-42(41)43)39-30-38-27-26-35-17-10-22-45-44-21-9-16-33-24-25-34-18-11-23-46(51(34)49(33)44)47(31-39)52(38)50(35)45/h1-32H. The lowest BCUT2D eigenvalue weighted by Crippen LogP contribution is -1.97. The summed E-state index contributed by atoms with van der Waals surface area (Å²) >= 11 is 0. The number of hydrogen-bond acceptors (Lipinski definition) is 2. The zero-order valence-corrected chi connectivity index (χ0v) is 30.4. The summed E-state index contributed by atoms with van der Waals surface area (Å²) in [5.41, 5.74) is 8.15. The summed E-state index contributed by atoms with van der Waals surface area (Å²) in [7, 11) is 0. The minimum Gasteiger partial charge on any atom is -0.252 e. The van der Waals surface area contributed by atoms with Crippen LogP contribution < -0.4 is 0 Å². The maximum Gasteiger partial charge on any atom is 0.0972 e. The van der Waals surface area contributed by atoms with E-state index in [1.165, 1.54) is 81.1 Å². The van der Waals surface area contributed by atoms with Gasteiger partial charge in [0.1, 0.15) is 0 Å². The van der Waals surface area contributed by atoms with Crippen LogP contribution in [0.25, 0.3) is 120 Å². The van der Waals surface area contributed by atoms with E-state index >= 15 is 0 Å². The van der Waals surface area contributed by atoms with Crippen LogP contribution in [0.5, 0.6) is 0 Å². The van der Waals surface area contributed by atoms with Crippen molar-refractivity contribution in [3.8, 4) is 44.9 Å².